The highest BCUT2D eigenvalue weighted by atomic mass is 35.5. The molecule has 3 N–H and O–H groups in total. The van der Waals surface area contributed by atoms with Crippen molar-refractivity contribution in [2.24, 2.45) is 0 Å². The Labute approximate surface area is 158 Å². The molecule has 140 valence electrons. The fraction of sp³-hybridized carbons (Fsp3) is 0.588. The third-order valence-corrected chi connectivity index (χ3v) is 5.44. The molecule has 2 atom stereocenters. The van der Waals surface area contributed by atoms with Gasteiger partial charge in [0.1, 0.15) is 19.0 Å². The molecule has 1 aromatic carbocycles. The summed E-state index contributed by atoms with van der Waals surface area (Å²) in [5.41, 5.74) is 6.37. The summed E-state index contributed by atoms with van der Waals surface area (Å²) in [6, 6.07) is 4.17. The third-order valence-electron chi connectivity index (χ3n) is 5.11. The first-order valence-electron chi connectivity index (χ1n) is 8.30. The van der Waals surface area contributed by atoms with Crippen LogP contribution in [0.4, 0.5) is 10.1 Å². The van der Waals surface area contributed by atoms with Crippen LogP contribution >= 0.6 is 24.0 Å². The zero-order valence-corrected chi connectivity index (χ0v) is 15.7. The van der Waals surface area contributed by atoms with E-state index in [2.05, 4.69) is 17.3 Å². The number of carbonyl (C=O) groups excluding carboxylic acids is 1. The number of alkyl halides is 1. The Kier molecular flexibility index (Phi) is 6.77. The Morgan fingerprint density at radius 3 is 2.64 bits per heavy atom. The van der Waals surface area contributed by atoms with E-state index in [-0.39, 0.29) is 41.7 Å². The van der Waals surface area contributed by atoms with Crippen LogP contribution in [0, 0.1) is 0 Å². The SMILES string of the molecule is CN1C2CCC1CC(NC(=O)c1cc(Cl)c(N)cc1OCCF)C2.Cl. The van der Waals surface area contributed by atoms with Crippen LogP contribution in [0.2, 0.25) is 5.02 Å². The monoisotopic (exact) mass is 391 g/mol. The molecule has 3 rings (SSSR count). The highest BCUT2D eigenvalue weighted by Crippen LogP contribution is 2.35. The molecule has 0 saturated carbocycles. The van der Waals surface area contributed by atoms with E-state index in [1.165, 1.54) is 25.0 Å². The molecular formula is C17H24Cl2FN3O2. The molecule has 1 aromatic rings. The zero-order chi connectivity index (χ0) is 17.3. The third kappa shape index (κ3) is 4.30. The maximum Gasteiger partial charge on any atom is 0.255 e. The van der Waals surface area contributed by atoms with Crippen LogP contribution in [0.25, 0.3) is 0 Å². The molecule has 1 amide bonds. The normalized spacial score (nSPS) is 25.3. The first-order valence-corrected chi connectivity index (χ1v) is 8.68. The second-order valence-corrected chi connectivity index (χ2v) is 7.01. The lowest BCUT2D eigenvalue weighted by Gasteiger charge is -2.36. The maximum atomic E-state index is 12.7. The summed E-state index contributed by atoms with van der Waals surface area (Å²) >= 11 is 6.04. The van der Waals surface area contributed by atoms with Crippen LogP contribution < -0.4 is 15.8 Å². The lowest BCUT2D eigenvalue weighted by Crippen LogP contribution is -2.48. The van der Waals surface area contributed by atoms with Gasteiger partial charge in [0.05, 0.1) is 16.3 Å². The number of rotatable bonds is 5. The Morgan fingerprint density at radius 2 is 2.04 bits per heavy atom. The van der Waals surface area contributed by atoms with Crippen molar-refractivity contribution in [2.75, 3.05) is 26.1 Å². The highest BCUT2D eigenvalue weighted by Gasteiger charge is 2.39. The Hall–Kier alpha value is -1.24. The second kappa shape index (κ2) is 8.43. The van der Waals surface area contributed by atoms with Crippen molar-refractivity contribution in [1.82, 2.24) is 10.2 Å². The molecule has 0 aliphatic carbocycles. The van der Waals surface area contributed by atoms with Gasteiger partial charge in [-0.2, -0.15) is 0 Å². The second-order valence-electron chi connectivity index (χ2n) is 6.60. The van der Waals surface area contributed by atoms with Crippen molar-refractivity contribution in [2.45, 2.75) is 43.8 Å². The summed E-state index contributed by atoms with van der Waals surface area (Å²) < 4.78 is 17.7. The number of carbonyl (C=O) groups is 1. The number of nitrogen functional groups attached to an aromatic ring is 1. The summed E-state index contributed by atoms with van der Waals surface area (Å²) in [6.45, 7) is -0.762. The Bertz CT molecular complexity index is 618. The van der Waals surface area contributed by atoms with Crippen molar-refractivity contribution in [3.05, 3.63) is 22.7 Å². The molecule has 2 unspecified atom stereocenters. The van der Waals surface area contributed by atoms with E-state index < -0.39 is 6.67 Å². The van der Waals surface area contributed by atoms with Gasteiger partial charge in [-0.15, -0.1) is 12.4 Å². The number of benzene rings is 1. The summed E-state index contributed by atoms with van der Waals surface area (Å²) in [5, 5.41) is 3.37. The van der Waals surface area contributed by atoms with Crippen LogP contribution in [0.5, 0.6) is 5.75 Å². The van der Waals surface area contributed by atoms with E-state index in [0.29, 0.717) is 23.3 Å². The Morgan fingerprint density at radius 1 is 1.40 bits per heavy atom. The predicted octanol–water partition coefficient (Wildman–Crippen LogP) is 3.05. The number of nitrogens with one attached hydrogen (secondary N) is 1. The minimum absolute atomic E-state index is 0. The van der Waals surface area contributed by atoms with Gasteiger partial charge in [0.25, 0.3) is 5.91 Å². The number of amides is 1. The van der Waals surface area contributed by atoms with Crippen LogP contribution in [0.3, 0.4) is 0 Å². The number of nitrogens with two attached hydrogens (primary N) is 1. The van der Waals surface area contributed by atoms with Gasteiger partial charge in [0.15, 0.2) is 0 Å². The van der Waals surface area contributed by atoms with E-state index in [1.54, 1.807) is 0 Å². The van der Waals surface area contributed by atoms with Gasteiger partial charge in [0, 0.05) is 24.2 Å². The fourth-order valence-electron chi connectivity index (χ4n) is 3.81. The lowest BCUT2D eigenvalue weighted by molar-refractivity contribution is 0.0878. The maximum absolute atomic E-state index is 12.7. The van der Waals surface area contributed by atoms with Crippen molar-refractivity contribution in [3.8, 4) is 5.75 Å². The van der Waals surface area contributed by atoms with Gasteiger partial charge in [-0.1, -0.05) is 11.6 Å². The lowest BCUT2D eigenvalue weighted by atomic mass is 9.97. The number of halogens is 3. The molecule has 2 fully saturated rings. The minimum atomic E-state index is -0.637. The predicted molar refractivity (Wildman–Crippen MR) is 99.6 cm³/mol. The summed E-state index contributed by atoms with van der Waals surface area (Å²) in [6.07, 6.45) is 4.27. The molecule has 2 aliphatic heterocycles. The molecule has 25 heavy (non-hydrogen) atoms. The largest absolute Gasteiger partial charge is 0.490 e. The van der Waals surface area contributed by atoms with Crippen molar-refractivity contribution >= 4 is 35.6 Å². The standard InChI is InChI=1S/C17H23ClFN3O2.ClH/c1-22-11-2-3-12(22)7-10(6-11)21-17(23)13-8-14(18)15(20)9-16(13)24-5-4-19;/h8-12H,2-7,20H2,1H3,(H,21,23);1H. The summed E-state index contributed by atoms with van der Waals surface area (Å²) in [4.78, 5) is 15.1. The topological polar surface area (TPSA) is 67.6 Å². The van der Waals surface area contributed by atoms with Crippen LogP contribution in [-0.2, 0) is 0 Å². The van der Waals surface area contributed by atoms with Gasteiger partial charge in [-0.3, -0.25) is 4.79 Å². The van der Waals surface area contributed by atoms with E-state index in [1.807, 2.05) is 0 Å². The molecule has 2 bridgehead atoms. The first kappa shape index (κ1) is 20.1. The van der Waals surface area contributed by atoms with Crippen LogP contribution in [0.15, 0.2) is 12.1 Å². The van der Waals surface area contributed by atoms with Crippen molar-refractivity contribution < 1.29 is 13.9 Å². The molecular weight excluding hydrogens is 368 g/mol. The van der Waals surface area contributed by atoms with Gasteiger partial charge >= 0.3 is 0 Å². The number of hydrogen-bond donors (Lipinski definition) is 2. The van der Waals surface area contributed by atoms with Crippen LogP contribution in [0.1, 0.15) is 36.0 Å². The number of ether oxygens (including phenoxy) is 1. The number of anilines is 1. The van der Waals surface area contributed by atoms with E-state index in [0.717, 1.165) is 12.8 Å². The Balaban J connectivity index is 0.00000225. The number of piperidine rings is 1. The van der Waals surface area contributed by atoms with Crippen LogP contribution in [-0.4, -0.2) is 49.3 Å². The fourth-order valence-corrected chi connectivity index (χ4v) is 3.97. The van der Waals surface area contributed by atoms with Gasteiger partial charge in [0.2, 0.25) is 0 Å². The summed E-state index contributed by atoms with van der Waals surface area (Å²) in [5.74, 6) is 0.0164. The van der Waals surface area contributed by atoms with Gasteiger partial charge < -0.3 is 20.7 Å². The molecule has 0 spiro atoms. The smallest absolute Gasteiger partial charge is 0.255 e. The number of nitrogens with zero attached hydrogens (tertiary/aromatic N) is 1. The van der Waals surface area contributed by atoms with Crippen molar-refractivity contribution in [1.29, 1.82) is 0 Å². The van der Waals surface area contributed by atoms with Crippen molar-refractivity contribution in [3.63, 3.8) is 0 Å². The van der Waals surface area contributed by atoms with Gasteiger partial charge in [-0.25, -0.2) is 4.39 Å². The number of fused-ring (bicyclic) bond motifs is 2. The summed E-state index contributed by atoms with van der Waals surface area (Å²) in [7, 11) is 2.16. The van der Waals surface area contributed by atoms with E-state index in [4.69, 9.17) is 22.1 Å². The molecule has 2 saturated heterocycles. The average molecular weight is 392 g/mol. The molecule has 0 radical (unpaired) electrons. The highest BCUT2D eigenvalue weighted by molar-refractivity contribution is 6.33. The average Bonchev–Trinajstić information content (AvgIpc) is 2.76. The molecule has 2 heterocycles. The zero-order valence-electron chi connectivity index (χ0n) is 14.1. The van der Waals surface area contributed by atoms with E-state index >= 15 is 0 Å². The first-order chi connectivity index (χ1) is 11.5. The molecule has 2 aliphatic rings. The molecule has 8 heteroatoms. The molecule has 0 aromatic heterocycles. The quantitative estimate of drug-likeness (QED) is 0.756. The molecule has 5 nitrogen and oxygen atoms in total. The van der Waals surface area contributed by atoms with Gasteiger partial charge in [-0.05, 0) is 38.8 Å². The minimum Gasteiger partial charge on any atom is -0.490 e. The number of hydrogen-bond acceptors (Lipinski definition) is 4. The van der Waals surface area contributed by atoms with E-state index in [9.17, 15) is 9.18 Å².